The first-order valence-corrected chi connectivity index (χ1v) is 35.3. The summed E-state index contributed by atoms with van der Waals surface area (Å²) in [5.74, 6) is 0. The Bertz CT molecular complexity index is 5450. The highest BCUT2D eigenvalue weighted by molar-refractivity contribution is 7.00. The zero-order chi connectivity index (χ0) is 67.9. The lowest BCUT2D eigenvalue weighted by molar-refractivity contribution is 0.590. The molecule has 0 aliphatic carbocycles. The van der Waals surface area contributed by atoms with Crippen molar-refractivity contribution in [1.29, 1.82) is 0 Å². The van der Waals surface area contributed by atoms with E-state index in [9.17, 15) is 0 Å². The molecule has 98 heavy (non-hydrogen) atoms. The predicted molar refractivity (Wildman–Crippen MR) is 422 cm³/mol. The fraction of sp³-hybridized carbons (Fsp3) is 0.217. The minimum absolute atomic E-state index is 0.0360. The van der Waals surface area contributed by atoms with Crippen LogP contribution < -0.4 is 31.1 Å². The van der Waals surface area contributed by atoms with Crippen LogP contribution in [0.15, 0.2) is 249 Å². The van der Waals surface area contributed by atoms with E-state index < -0.39 is 0 Å². The summed E-state index contributed by atoms with van der Waals surface area (Å²) in [6.07, 6.45) is 0. The van der Waals surface area contributed by atoms with E-state index in [1.54, 1.807) is 0 Å². The molecule has 14 aromatic rings. The van der Waals surface area contributed by atoms with Crippen molar-refractivity contribution >= 4 is 118 Å². The van der Waals surface area contributed by atoms with Crippen LogP contribution in [0.4, 0.5) is 51.2 Å². The standard InChI is InChI=1S/C92H86BN5/c1-88(2,3)61-37-44-77-71(47-61)72-48-62(89(4,5)6)38-45-78(72)96(77)69-42-43-75-80(54-69)95(68-40-35-60(36-41-68)59-33-31-58(32-34-59)57-25-19-16-20-26-57)81-55-70(94(66-27-21-17-22-28-66)67-29-23-18-24-30-67)56-82-85(81)93(75)76-51-65(92(13,14)15)53-84-87(76)98(82)83-52-64(91(10,11)12)50-74-73-49-63(90(7,8)9)39-46-79(73)97(84)86(74)83/h16-56H,1-15H3. The van der Waals surface area contributed by atoms with Crippen molar-refractivity contribution in [2.75, 3.05) is 14.7 Å². The molecule has 0 fully saturated rings. The molecule has 0 bridgehead atoms. The van der Waals surface area contributed by atoms with Crippen molar-refractivity contribution in [3.8, 4) is 33.6 Å². The van der Waals surface area contributed by atoms with Gasteiger partial charge in [-0.25, -0.2) is 0 Å². The number of para-hydroxylation sites is 2. The molecular weight excluding hydrogens is 1190 g/mol. The fourth-order valence-corrected chi connectivity index (χ4v) is 16.0. The van der Waals surface area contributed by atoms with Gasteiger partial charge in [-0.1, -0.05) is 237 Å². The van der Waals surface area contributed by atoms with Gasteiger partial charge in [-0.05, 0) is 209 Å². The first-order valence-electron chi connectivity index (χ1n) is 35.3. The van der Waals surface area contributed by atoms with Gasteiger partial charge in [0.2, 0.25) is 0 Å². The maximum atomic E-state index is 2.72. The van der Waals surface area contributed by atoms with Gasteiger partial charge in [-0.3, -0.25) is 0 Å². The summed E-state index contributed by atoms with van der Waals surface area (Å²) in [5, 5.41) is 5.12. The van der Waals surface area contributed by atoms with E-state index >= 15 is 0 Å². The molecule has 0 N–H and O–H groups in total. The molecule has 0 saturated heterocycles. The van der Waals surface area contributed by atoms with E-state index in [1.807, 2.05) is 0 Å². The zero-order valence-electron chi connectivity index (χ0n) is 59.5. The van der Waals surface area contributed by atoms with Crippen molar-refractivity contribution in [3.05, 3.63) is 277 Å². The summed E-state index contributed by atoms with van der Waals surface area (Å²) in [6, 6.07) is 95.7. The average molecular weight is 1270 g/mol. The van der Waals surface area contributed by atoms with Gasteiger partial charge >= 0.3 is 0 Å². The number of nitrogens with zero attached hydrogens (tertiary/aromatic N) is 5. The number of hydrogen-bond acceptors (Lipinski definition) is 3. The maximum absolute atomic E-state index is 2.72. The van der Waals surface area contributed by atoms with Crippen molar-refractivity contribution in [1.82, 2.24) is 9.13 Å². The van der Waals surface area contributed by atoms with Gasteiger partial charge < -0.3 is 23.8 Å². The maximum Gasteiger partial charge on any atom is 0.252 e. The molecule has 0 saturated carbocycles. The van der Waals surface area contributed by atoms with Crippen molar-refractivity contribution in [2.24, 2.45) is 0 Å². The predicted octanol–water partition coefficient (Wildman–Crippen LogP) is 23.6. The number of aromatic nitrogens is 2. The first-order chi connectivity index (χ1) is 46.8. The highest BCUT2D eigenvalue weighted by atomic mass is 15.2. The van der Waals surface area contributed by atoms with E-state index in [2.05, 4.69) is 376 Å². The Balaban J connectivity index is 1.00. The van der Waals surface area contributed by atoms with Crippen LogP contribution in [0.25, 0.3) is 77.2 Å². The third-order valence-electron chi connectivity index (χ3n) is 21.5. The molecule has 5 heterocycles. The Hall–Kier alpha value is -10.3. The van der Waals surface area contributed by atoms with Gasteiger partial charge in [0, 0.05) is 61.4 Å². The lowest BCUT2D eigenvalue weighted by atomic mass is 9.33. The van der Waals surface area contributed by atoms with Crippen LogP contribution in [0.2, 0.25) is 0 Å². The van der Waals surface area contributed by atoms with Gasteiger partial charge in [0.15, 0.2) is 0 Å². The Morgan fingerprint density at radius 2 is 0.684 bits per heavy atom. The van der Waals surface area contributed by atoms with E-state index in [1.165, 1.54) is 133 Å². The fourth-order valence-electron chi connectivity index (χ4n) is 16.0. The summed E-state index contributed by atoms with van der Waals surface area (Å²) in [5.41, 5.74) is 32.2. The Labute approximate surface area is 579 Å². The quantitative estimate of drug-likeness (QED) is 0.148. The monoisotopic (exact) mass is 1270 g/mol. The Kier molecular flexibility index (Phi) is 13.5. The lowest BCUT2D eigenvalue weighted by Crippen LogP contribution is -2.62. The molecule has 482 valence electrons. The van der Waals surface area contributed by atoms with Crippen LogP contribution in [-0.2, 0) is 27.1 Å². The van der Waals surface area contributed by atoms with E-state index in [0.717, 1.165) is 39.8 Å². The summed E-state index contributed by atoms with van der Waals surface area (Å²) in [6.45, 7) is 35.2. The van der Waals surface area contributed by atoms with Crippen LogP contribution in [0.5, 0.6) is 0 Å². The second-order valence-corrected chi connectivity index (χ2v) is 33.2. The lowest BCUT2D eigenvalue weighted by Gasteiger charge is -2.47. The van der Waals surface area contributed by atoms with Gasteiger partial charge in [0.05, 0.1) is 44.8 Å². The molecule has 17 rings (SSSR count). The van der Waals surface area contributed by atoms with Crippen LogP contribution >= 0.6 is 0 Å². The minimum atomic E-state index is -0.194. The van der Waals surface area contributed by atoms with Crippen molar-refractivity contribution in [2.45, 2.75) is 131 Å². The van der Waals surface area contributed by atoms with Crippen LogP contribution in [0, 0.1) is 0 Å². The largest absolute Gasteiger partial charge is 0.311 e. The molecule has 6 heteroatoms. The van der Waals surface area contributed by atoms with E-state index in [4.69, 9.17) is 0 Å². The molecule has 0 amide bonds. The van der Waals surface area contributed by atoms with E-state index in [0.29, 0.717) is 0 Å². The SMILES string of the molecule is CC(C)(C)c1cc2c3c(c1)-n1c4ccc(C(C)(C)C)cc4c4cc(C(C)(C)C)cc(c41)N3c1cc(N(c3ccccc3)c3ccccc3)cc3c1B2c1ccc(-n2c4ccc(C(C)(C)C)cc4c4cc(C(C)(C)C)ccc42)cc1N3c1ccc(-c2ccc(-c3ccccc3)cc2)cc1. The average Bonchev–Trinajstić information content (AvgIpc) is 1.24. The van der Waals surface area contributed by atoms with Crippen LogP contribution in [0.1, 0.15) is 132 Å². The molecule has 2 aromatic heterocycles. The molecule has 3 aliphatic rings. The normalized spacial score (nSPS) is 13.6. The molecule has 5 nitrogen and oxygen atoms in total. The van der Waals surface area contributed by atoms with Crippen LogP contribution in [0.3, 0.4) is 0 Å². The first kappa shape index (κ1) is 61.3. The van der Waals surface area contributed by atoms with Crippen molar-refractivity contribution < 1.29 is 0 Å². The second kappa shape index (κ2) is 21.6. The van der Waals surface area contributed by atoms with Gasteiger partial charge in [-0.15, -0.1) is 0 Å². The molecule has 12 aromatic carbocycles. The number of rotatable bonds is 7. The third kappa shape index (κ3) is 9.71. The summed E-state index contributed by atoms with van der Waals surface area (Å²) in [4.78, 5) is 7.83. The minimum Gasteiger partial charge on any atom is -0.311 e. The molecule has 3 aliphatic heterocycles. The summed E-state index contributed by atoms with van der Waals surface area (Å²) in [7, 11) is 0. The molecule has 0 spiro atoms. The van der Waals surface area contributed by atoms with E-state index in [-0.39, 0.29) is 33.8 Å². The van der Waals surface area contributed by atoms with Crippen LogP contribution in [-0.4, -0.2) is 15.8 Å². The second-order valence-electron chi connectivity index (χ2n) is 33.2. The third-order valence-corrected chi connectivity index (χ3v) is 21.5. The molecule has 0 radical (unpaired) electrons. The molecule has 0 atom stereocenters. The Morgan fingerprint density at radius 1 is 0.276 bits per heavy atom. The van der Waals surface area contributed by atoms with Gasteiger partial charge in [0.25, 0.3) is 6.71 Å². The summed E-state index contributed by atoms with van der Waals surface area (Å²) < 4.78 is 5.21. The van der Waals surface area contributed by atoms with Gasteiger partial charge in [-0.2, -0.15) is 0 Å². The smallest absolute Gasteiger partial charge is 0.252 e. The number of benzene rings is 12. The number of anilines is 9. The topological polar surface area (TPSA) is 19.6 Å². The molecular formula is C92H86BN5. The Morgan fingerprint density at radius 3 is 1.18 bits per heavy atom. The number of hydrogen-bond donors (Lipinski definition) is 0. The summed E-state index contributed by atoms with van der Waals surface area (Å²) >= 11 is 0. The van der Waals surface area contributed by atoms with Gasteiger partial charge in [0.1, 0.15) is 0 Å². The highest BCUT2D eigenvalue weighted by Gasteiger charge is 2.48. The zero-order valence-corrected chi connectivity index (χ0v) is 59.5. The number of fused-ring (bicyclic) bond motifs is 12. The molecule has 0 unspecified atom stereocenters. The highest BCUT2D eigenvalue weighted by Crippen LogP contribution is 2.56. The van der Waals surface area contributed by atoms with Crippen molar-refractivity contribution in [3.63, 3.8) is 0 Å².